The predicted octanol–water partition coefficient (Wildman–Crippen LogP) is 3.58. The molecule has 148 valence electrons. The predicted molar refractivity (Wildman–Crippen MR) is 113 cm³/mol. The van der Waals surface area contributed by atoms with Gasteiger partial charge in [-0.3, -0.25) is 9.59 Å². The van der Waals surface area contributed by atoms with E-state index in [1.54, 1.807) is 6.07 Å². The molecular formula is C22H28N4O2. The fourth-order valence-electron chi connectivity index (χ4n) is 3.92. The van der Waals surface area contributed by atoms with Crippen LogP contribution in [0.3, 0.4) is 0 Å². The molecule has 1 aromatic carbocycles. The van der Waals surface area contributed by atoms with Crippen LogP contribution in [-0.4, -0.2) is 23.1 Å². The van der Waals surface area contributed by atoms with Crippen molar-refractivity contribution in [2.24, 2.45) is 0 Å². The van der Waals surface area contributed by atoms with Crippen molar-refractivity contribution in [2.45, 2.75) is 59.0 Å². The van der Waals surface area contributed by atoms with Gasteiger partial charge in [0, 0.05) is 41.3 Å². The summed E-state index contributed by atoms with van der Waals surface area (Å²) >= 11 is 0. The lowest BCUT2D eigenvalue weighted by Crippen LogP contribution is -2.29. The van der Waals surface area contributed by atoms with E-state index in [0.29, 0.717) is 22.7 Å². The lowest BCUT2D eigenvalue weighted by molar-refractivity contribution is 0.0950. The first-order valence-electron chi connectivity index (χ1n) is 9.78. The Labute approximate surface area is 165 Å². The molecule has 1 heterocycles. The van der Waals surface area contributed by atoms with E-state index in [1.165, 1.54) is 19.1 Å². The number of aryl methyl sites for hydroxylation is 3. The summed E-state index contributed by atoms with van der Waals surface area (Å²) in [5, 5.41) is 14.2. The van der Waals surface area contributed by atoms with Crippen LogP contribution in [-0.2, 0) is 6.54 Å². The number of carbonyl (C=O) groups excluding carboxylic acids is 1. The summed E-state index contributed by atoms with van der Waals surface area (Å²) in [6, 6.07) is 6.07. The third-order valence-electron chi connectivity index (χ3n) is 5.35. The van der Waals surface area contributed by atoms with Crippen LogP contribution in [0.2, 0.25) is 0 Å². The minimum absolute atomic E-state index is 0.150. The Morgan fingerprint density at radius 1 is 1.21 bits per heavy atom. The Morgan fingerprint density at radius 2 is 1.93 bits per heavy atom. The number of aromatic nitrogens is 1. The van der Waals surface area contributed by atoms with E-state index in [1.807, 2.05) is 32.9 Å². The number of hydrogen-bond donors (Lipinski definition) is 4. The molecule has 0 radical (unpaired) electrons. The van der Waals surface area contributed by atoms with Crippen molar-refractivity contribution < 1.29 is 4.79 Å². The summed E-state index contributed by atoms with van der Waals surface area (Å²) in [7, 11) is 0. The fourth-order valence-corrected chi connectivity index (χ4v) is 3.92. The second-order valence-electron chi connectivity index (χ2n) is 7.67. The Hall–Kier alpha value is -2.89. The first-order chi connectivity index (χ1) is 13.4. The number of nitrogens with one attached hydrogen (secondary N) is 4. The topological polar surface area (TPSA) is 97.8 Å². The summed E-state index contributed by atoms with van der Waals surface area (Å²) in [6.07, 6.45) is 5.88. The highest BCUT2D eigenvalue weighted by Crippen LogP contribution is 2.27. The summed E-state index contributed by atoms with van der Waals surface area (Å²) in [5.74, 6) is -0.281. The zero-order valence-electron chi connectivity index (χ0n) is 16.7. The van der Waals surface area contributed by atoms with E-state index in [0.717, 1.165) is 35.3 Å². The summed E-state index contributed by atoms with van der Waals surface area (Å²) in [5.41, 5.74) is 4.84. The molecule has 4 N–H and O–H groups in total. The second kappa shape index (κ2) is 8.42. The molecule has 1 aromatic heterocycles. The van der Waals surface area contributed by atoms with Gasteiger partial charge in [0.05, 0.1) is 5.56 Å². The van der Waals surface area contributed by atoms with Gasteiger partial charge in [-0.15, -0.1) is 0 Å². The summed E-state index contributed by atoms with van der Waals surface area (Å²) in [4.78, 5) is 27.8. The molecule has 6 heteroatoms. The number of carbonyl (C=O) groups is 1. The van der Waals surface area contributed by atoms with Crippen LogP contribution >= 0.6 is 0 Å². The van der Waals surface area contributed by atoms with Gasteiger partial charge in [-0.1, -0.05) is 12.8 Å². The van der Waals surface area contributed by atoms with Gasteiger partial charge in [-0.2, -0.15) is 0 Å². The molecule has 6 nitrogen and oxygen atoms in total. The number of benzene rings is 1. The van der Waals surface area contributed by atoms with Crippen LogP contribution in [0.15, 0.2) is 23.0 Å². The monoisotopic (exact) mass is 380 g/mol. The van der Waals surface area contributed by atoms with Gasteiger partial charge in [0.2, 0.25) is 0 Å². The fraction of sp³-hybridized carbons (Fsp3) is 0.409. The number of rotatable bonds is 6. The van der Waals surface area contributed by atoms with Crippen LogP contribution in [0.25, 0.3) is 0 Å². The van der Waals surface area contributed by atoms with E-state index < -0.39 is 0 Å². The smallest absolute Gasteiger partial charge is 0.253 e. The molecule has 0 bridgehead atoms. The molecule has 28 heavy (non-hydrogen) atoms. The molecule has 0 aliphatic heterocycles. The Kier molecular flexibility index (Phi) is 5.97. The van der Waals surface area contributed by atoms with Crippen molar-refractivity contribution in [3.8, 4) is 0 Å². The van der Waals surface area contributed by atoms with E-state index in [2.05, 4.69) is 15.6 Å². The first-order valence-corrected chi connectivity index (χ1v) is 9.78. The number of pyridine rings is 1. The van der Waals surface area contributed by atoms with Gasteiger partial charge >= 0.3 is 0 Å². The van der Waals surface area contributed by atoms with Crippen molar-refractivity contribution in [1.29, 1.82) is 5.41 Å². The zero-order chi connectivity index (χ0) is 20.3. The average molecular weight is 380 g/mol. The SMILES string of the molecule is Cc1cc(NC2CCCC2)c(C=N)c(C(=O)NCc2c(C)cc(C)[nH]c2=O)c1. The number of H-pyrrole nitrogens is 1. The zero-order valence-corrected chi connectivity index (χ0v) is 16.7. The number of aromatic amines is 1. The van der Waals surface area contributed by atoms with Gasteiger partial charge < -0.3 is 21.0 Å². The third kappa shape index (κ3) is 4.32. The van der Waals surface area contributed by atoms with Crippen molar-refractivity contribution >= 4 is 17.8 Å². The molecule has 0 saturated heterocycles. The molecule has 2 aromatic rings. The molecule has 0 spiro atoms. The normalized spacial score (nSPS) is 14.1. The van der Waals surface area contributed by atoms with E-state index in [9.17, 15) is 9.59 Å². The van der Waals surface area contributed by atoms with Crippen molar-refractivity contribution in [1.82, 2.24) is 10.3 Å². The molecule has 1 aliphatic carbocycles. The van der Waals surface area contributed by atoms with Gasteiger partial charge in [0.15, 0.2) is 0 Å². The molecule has 0 atom stereocenters. The second-order valence-corrected chi connectivity index (χ2v) is 7.67. The third-order valence-corrected chi connectivity index (χ3v) is 5.35. The number of amides is 1. The Bertz CT molecular complexity index is 956. The van der Waals surface area contributed by atoms with Crippen LogP contribution in [0, 0.1) is 26.2 Å². The van der Waals surface area contributed by atoms with Gasteiger partial charge in [-0.05, 0) is 62.9 Å². The number of anilines is 1. The van der Waals surface area contributed by atoms with Crippen LogP contribution in [0.1, 0.15) is 64.0 Å². The molecule has 0 unspecified atom stereocenters. The lowest BCUT2D eigenvalue weighted by atomic mass is 10.0. The average Bonchev–Trinajstić information content (AvgIpc) is 3.13. The maximum Gasteiger partial charge on any atom is 0.253 e. The Balaban J connectivity index is 1.84. The summed E-state index contributed by atoms with van der Waals surface area (Å²) in [6.45, 7) is 5.79. The molecule has 3 rings (SSSR count). The Morgan fingerprint density at radius 3 is 2.57 bits per heavy atom. The van der Waals surface area contributed by atoms with Crippen LogP contribution < -0.4 is 16.2 Å². The number of hydrogen-bond acceptors (Lipinski definition) is 4. The molecule has 1 fully saturated rings. The molecule has 1 aliphatic rings. The standard InChI is InChI=1S/C22H28N4O2/c1-13-8-17(18(11-23)20(9-13)26-16-6-4-5-7-16)21(27)24-12-19-14(2)10-15(3)25-22(19)28/h8-11,16,23,26H,4-7,12H2,1-3H3,(H,24,27)(H,25,28). The van der Waals surface area contributed by atoms with E-state index >= 15 is 0 Å². The van der Waals surface area contributed by atoms with E-state index in [-0.39, 0.29) is 18.0 Å². The molecule has 1 amide bonds. The molecular weight excluding hydrogens is 352 g/mol. The van der Waals surface area contributed by atoms with Gasteiger partial charge in [-0.25, -0.2) is 0 Å². The minimum Gasteiger partial charge on any atom is -0.382 e. The maximum absolute atomic E-state index is 12.9. The van der Waals surface area contributed by atoms with Crippen molar-refractivity contribution in [2.75, 3.05) is 5.32 Å². The van der Waals surface area contributed by atoms with E-state index in [4.69, 9.17) is 5.41 Å². The summed E-state index contributed by atoms with van der Waals surface area (Å²) < 4.78 is 0. The van der Waals surface area contributed by atoms with Gasteiger partial charge in [0.1, 0.15) is 0 Å². The maximum atomic E-state index is 12.9. The highest BCUT2D eigenvalue weighted by atomic mass is 16.1. The van der Waals surface area contributed by atoms with Crippen LogP contribution in [0.5, 0.6) is 0 Å². The quantitative estimate of drug-likeness (QED) is 0.577. The van der Waals surface area contributed by atoms with Crippen molar-refractivity contribution in [3.05, 3.63) is 62.1 Å². The first kappa shape index (κ1) is 19.9. The highest BCUT2D eigenvalue weighted by Gasteiger charge is 2.20. The van der Waals surface area contributed by atoms with Crippen molar-refractivity contribution in [3.63, 3.8) is 0 Å². The minimum atomic E-state index is -0.281. The largest absolute Gasteiger partial charge is 0.382 e. The molecule has 1 saturated carbocycles. The highest BCUT2D eigenvalue weighted by molar-refractivity contribution is 6.05. The van der Waals surface area contributed by atoms with Crippen LogP contribution in [0.4, 0.5) is 5.69 Å². The van der Waals surface area contributed by atoms with Gasteiger partial charge in [0.25, 0.3) is 11.5 Å². The lowest BCUT2D eigenvalue weighted by Gasteiger charge is -2.19.